The maximum atomic E-state index is 12.7. The van der Waals surface area contributed by atoms with Crippen molar-refractivity contribution >= 4 is 21.4 Å². The van der Waals surface area contributed by atoms with Crippen LogP contribution in [0.15, 0.2) is 10.3 Å². The molecule has 0 saturated heterocycles. The summed E-state index contributed by atoms with van der Waals surface area (Å²) in [6.07, 6.45) is 2.73. The second-order valence-electron chi connectivity index (χ2n) is 5.38. The third-order valence-corrected chi connectivity index (χ3v) is 6.81. The van der Waals surface area contributed by atoms with Crippen molar-refractivity contribution in [1.29, 1.82) is 0 Å². The van der Waals surface area contributed by atoms with Crippen LogP contribution in [0.3, 0.4) is 0 Å². The van der Waals surface area contributed by atoms with Crippen molar-refractivity contribution in [3.63, 3.8) is 0 Å². The van der Waals surface area contributed by atoms with Crippen LogP contribution in [-0.4, -0.2) is 34.2 Å². The van der Waals surface area contributed by atoms with Crippen molar-refractivity contribution < 1.29 is 13.2 Å². The lowest BCUT2D eigenvalue weighted by atomic mass is 10.2. The Bertz CT molecular complexity index is 569. The number of ether oxygens (including phenoxy) is 1. The summed E-state index contributed by atoms with van der Waals surface area (Å²) in [5.74, 6) is 0. The largest absolute Gasteiger partial charge is 0.380 e. The van der Waals surface area contributed by atoms with E-state index in [0.717, 1.165) is 36.2 Å². The number of rotatable bonds is 7. The molecule has 0 aliphatic heterocycles. The Hall–Kier alpha value is -0.470. The molecule has 0 bridgehead atoms. The number of methoxy groups -OCH3 is 1. The van der Waals surface area contributed by atoms with Crippen LogP contribution in [0.1, 0.15) is 36.6 Å². The molecule has 0 radical (unpaired) electrons. The molecule has 0 aromatic carbocycles. The van der Waals surface area contributed by atoms with Crippen LogP contribution in [0.4, 0.5) is 0 Å². The molecule has 0 spiro atoms. The van der Waals surface area contributed by atoms with Gasteiger partial charge in [0.25, 0.3) is 0 Å². The highest BCUT2D eigenvalue weighted by molar-refractivity contribution is 7.89. The lowest BCUT2D eigenvalue weighted by molar-refractivity contribution is 0.0916. The Morgan fingerprint density at radius 3 is 2.86 bits per heavy atom. The predicted molar refractivity (Wildman–Crippen MR) is 85.2 cm³/mol. The third kappa shape index (κ3) is 3.84. The Morgan fingerprint density at radius 2 is 2.19 bits per heavy atom. The lowest BCUT2D eigenvalue weighted by Gasteiger charge is -2.20. The van der Waals surface area contributed by atoms with Crippen molar-refractivity contribution in [2.45, 2.75) is 56.7 Å². The molecular weight excluding hydrogens is 308 g/mol. The van der Waals surface area contributed by atoms with Gasteiger partial charge < -0.3 is 10.1 Å². The van der Waals surface area contributed by atoms with E-state index < -0.39 is 10.0 Å². The van der Waals surface area contributed by atoms with Gasteiger partial charge in [-0.05, 0) is 43.7 Å². The van der Waals surface area contributed by atoms with E-state index in [2.05, 4.69) is 10.0 Å². The number of nitrogens with one attached hydrogen (secondary N) is 2. The topological polar surface area (TPSA) is 67.4 Å². The molecule has 21 heavy (non-hydrogen) atoms. The quantitative estimate of drug-likeness (QED) is 0.801. The van der Waals surface area contributed by atoms with Gasteiger partial charge in [-0.15, -0.1) is 11.3 Å². The fourth-order valence-corrected chi connectivity index (χ4v) is 5.89. The molecule has 2 N–H and O–H groups in total. The zero-order valence-corrected chi connectivity index (χ0v) is 14.4. The van der Waals surface area contributed by atoms with Gasteiger partial charge in [-0.25, -0.2) is 13.1 Å². The molecule has 5 nitrogen and oxygen atoms in total. The van der Waals surface area contributed by atoms with Crippen molar-refractivity contribution in [1.82, 2.24) is 10.0 Å². The second-order valence-corrected chi connectivity index (χ2v) is 8.00. The van der Waals surface area contributed by atoms with Crippen molar-refractivity contribution in [2.24, 2.45) is 0 Å². The molecule has 1 saturated carbocycles. The number of hydrogen-bond acceptors (Lipinski definition) is 5. The van der Waals surface area contributed by atoms with Crippen LogP contribution in [0.25, 0.3) is 0 Å². The molecule has 120 valence electrons. The van der Waals surface area contributed by atoms with Gasteiger partial charge in [0.1, 0.15) is 4.90 Å². The molecule has 2 rings (SSSR count). The Balaban J connectivity index is 2.21. The van der Waals surface area contributed by atoms with Gasteiger partial charge in [0.15, 0.2) is 0 Å². The van der Waals surface area contributed by atoms with E-state index in [-0.39, 0.29) is 12.1 Å². The molecule has 2 unspecified atom stereocenters. The zero-order chi connectivity index (χ0) is 15.5. The van der Waals surface area contributed by atoms with Crippen LogP contribution in [0, 0.1) is 6.92 Å². The Labute approximate surface area is 131 Å². The van der Waals surface area contributed by atoms with Gasteiger partial charge in [-0.3, -0.25) is 0 Å². The fraction of sp³-hybridized carbons (Fsp3) is 0.714. The molecule has 1 aromatic heterocycles. The summed E-state index contributed by atoms with van der Waals surface area (Å²) in [6.45, 7) is 5.26. The summed E-state index contributed by atoms with van der Waals surface area (Å²) in [7, 11) is -1.85. The van der Waals surface area contributed by atoms with E-state index in [9.17, 15) is 8.42 Å². The monoisotopic (exact) mass is 332 g/mol. The molecular formula is C14H24N2O3S2. The van der Waals surface area contributed by atoms with Gasteiger partial charge in [0.05, 0.1) is 6.10 Å². The number of sulfonamides is 1. The van der Waals surface area contributed by atoms with Gasteiger partial charge in [-0.1, -0.05) is 6.92 Å². The smallest absolute Gasteiger partial charge is 0.242 e. The first-order valence-electron chi connectivity index (χ1n) is 7.32. The molecule has 1 heterocycles. The van der Waals surface area contributed by atoms with Crippen LogP contribution in [0.2, 0.25) is 0 Å². The minimum absolute atomic E-state index is 0.0177. The standard InChI is InChI=1S/C14H24N2O3S2/c1-4-15-8-13-14(10(2)9-20-13)21(17,18)16-11-6-5-7-12(11)19-3/h9,11-12,15-16H,4-8H2,1-3H3. The van der Waals surface area contributed by atoms with Crippen LogP contribution in [-0.2, 0) is 21.3 Å². The van der Waals surface area contributed by atoms with Crippen LogP contribution < -0.4 is 10.0 Å². The lowest BCUT2D eigenvalue weighted by Crippen LogP contribution is -2.41. The SMILES string of the molecule is CCNCc1scc(C)c1S(=O)(=O)NC1CCCC1OC. The van der Waals surface area contributed by atoms with E-state index in [4.69, 9.17) is 4.74 Å². The number of aryl methyl sites for hydroxylation is 1. The highest BCUT2D eigenvalue weighted by Gasteiger charge is 2.33. The normalized spacial score (nSPS) is 22.8. The average molecular weight is 332 g/mol. The highest BCUT2D eigenvalue weighted by atomic mass is 32.2. The summed E-state index contributed by atoms with van der Waals surface area (Å²) in [4.78, 5) is 1.31. The molecule has 1 aliphatic rings. The predicted octanol–water partition coefficient (Wildman–Crippen LogP) is 2.01. The van der Waals surface area contributed by atoms with E-state index in [1.165, 1.54) is 11.3 Å². The van der Waals surface area contributed by atoms with Crippen molar-refractivity contribution in [2.75, 3.05) is 13.7 Å². The first-order valence-corrected chi connectivity index (χ1v) is 9.68. The fourth-order valence-electron chi connectivity index (χ4n) is 2.81. The summed E-state index contributed by atoms with van der Waals surface area (Å²) < 4.78 is 33.7. The Morgan fingerprint density at radius 1 is 1.43 bits per heavy atom. The first kappa shape index (κ1) is 16.9. The third-order valence-electron chi connectivity index (χ3n) is 3.86. The molecule has 2 atom stereocenters. The minimum atomic E-state index is -3.49. The summed E-state index contributed by atoms with van der Waals surface area (Å²) >= 11 is 1.49. The molecule has 1 fully saturated rings. The van der Waals surface area contributed by atoms with E-state index >= 15 is 0 Å². The van der Waals surface area contributed by atoms with Gasteiger partial charge in [-0.2, -0.15) is 0 Å². The molecule has 1 aromatic rings. The van der Waals surface area contributed by atoms with Gasteiger partial charge >= 0.3 is 0 Å². The molecule has 0 amide bonds. The summed E-state index contributed by atoms with van der Waals surface area (Å²) in [5, 5.41) is 5.10. The van der Waals surface area contributed by atoms with E-state index in [0.29, 0.717) is 11.4 Å². The van der Waals surface area contributed by atoms with E-state index in [1.807, 2.05) is 19.2 Å². The molecule has 1 aliphatic carbocycles. The van der Waals surface area contributed by atoms with Gasteiger partial charge in [0, 0.05) is 24.6 Å². The maximum absolute atomic E-state index is 12.7. The maximum Gasteiger partial charge on any atom is 0.242 e. The summed E-state index contributed by atoms with van der Waals surface area (Å²) in [5.41, 5.74) is 0.812. The zero-order valence-electron chi connectivity index (χ0n) is 12.8. The Kier molecular flexibility index (Phi) is 5.79. The highest BCUT2D eigenvalue weighted by Crippen LogP contribution is 2.29. The summed E-state index contributed by atoms with van der Waals surface area (Å²) in [6, 6.07) is -0.119. The van der Waals surface area contributed by atoms with Crippen molar-refractivity contribution in [3.05, 3.63) is 15.8 Å². The molecule has 7 heteroatoms. The van der Waals surface area contributed by atoms with E-state index in [1.54, 1.807) is 7.11 Å². The average Bonchev–Trinajstić information content (AvgIpc) is 3.02. The number of thiophene rings is 1. The first-order chi connectivity index (χ1) is 9.99. The van der Waals surface area contributed by atoms with Crippen molar-refractivity contribution in [3.8, 4) is 0 Å². The van der Waals surface area contributed by atoms with Crippen LogP contribution in [0.5, 0.6) is 0 Å². The van der Waals surface area contributed by atoms with Gasteiger partial charge in [0.2, 0.25) is 10.0 Å². The van der Waals surface area contributed by atoms with Crippen LogP contribution >= 0.6 is 11.3 Å². The second kappa shape index (κ2) is 7.19. The minimum Gasteiger partial charge on any atom is -0.380 e. The number of hydrogen-bond donors (Lipinski definition) is 2.